The molecule has 0 saturated carbocycles. The second-order valence-electron chi connectivity index (χ2n) is 5.81. The Morgan fingerprint density at radius 1 is 1.00 bits per heavy atom. The Hall–Kier alpha value is -2.87. The largest absolute Gasteiger partial charge is 0.482 e. The first-order valence-electron chi connectivity index (χ1n) is 8.10. The average Bonchev–Trinajstić information content (AvgIpc) is 3.20. The van der Waals surface area contributed by atoms with Crippen LogP contribution in [0.15, 0.2) is 41.1 Å². The second-order valence-corrected chi connectivity index (χ2v) is 6.59. The molecule has 1 aliphatic heterocycles. The fraction of sp³-hybridized carbons (Fsp3) is 0.278. The lowest BCUT2D eigenvalue weighted by Gasteiger charge is -2.34. The van der Waals surface area contributed by atoms with Crippen molar-refractivity contribution >= 4 is 29.1 Å². The summed E-state index contributed by atoms with van der Waals surface area (Å²) in [5.41, 5.74) is 1.11. The zero-order valence-electron chi connectivity index (χ0n) is 14.0. The van der Waals surface area contributed by atoms with E-state index in [1.807, 2.05) is 10.8 Å². The molecule has 0 spiro atoms. The third-order valence-electron chi connectivity index (χ3n) is 4.07. The van der Waals surface area contributed by atoms with Crippen LogP contribution in [0.4, 0.5) is 0 Å². The number of nitrogens with zero attached hydrogens (tertiary/aromatic N) is 2. The Kier molecular flexibility index (Phi) is 5.52. The van der Waals surface area contributed by atoms with Crippen LogP contribution in [-0.2, 0) is 4.79 Å². The van der Waals surface area contributed by atoms with Crippen molar-refractivity contribution in [1.82, 2.24) is 9.80 Å². The van der Waals surface area contributed by atoms with E-state index in [0.717, 1.165) is 0 Å². The minimum absolute atomic E-state index is 0.0117. The average molecular weight is 374 g/mol. The van der Waals surface area contributed by atoms with Gasteiger partial charge in [0, 0.05) is 37.1 Å². The number of ether oxygens (including phenoxy) is 1. The van der Waals surface area contributed by atoms with E-state index in [0.29, 0.717) is 43.1 Å². The number of carbonyl (C=O) groups excluding carboxylic acids is 2. The van der Waals surface area contributed by atoms with Gasteiger partial charge in [0.2, 0.25) is 0 Å². The zero-order chi connectivity index (χ0) is 18.5. The van der Waals surface area contributed by atoms with Gasteiger partial charge in [0.05, 0.1) is 5.56 Å². The van der Waals surface area contributed by atoms with Gasteiger partial charge in [-0.25, -0.2) is 4.79 Å². The van der Waals surface area contributed by atoms with Crippen molar-refractivity contribution in [2.75, 3.05) is 32.8 Å². The molecular weight excluding hydrogens is 356 g/mol. The lowest BCUT2D eigenvalue weighted by atomic mass is 10.1. The molecule has 1 aromatic heterocycles. The van der Waals surface area contributed by atoms with Crippen LogP contribution in [0, 0.1) is 0 Å². The van der Waals surface area contributed by atoms with Crippen LogP contribution < -0.4 is 4.74 Å². The zero-order valence-corrected chi connectivity index (χ0v) is 14.8. The molecular formula is C18H18N2O5S. The van der Waals surface area contributed by atoms with E-state index in [4.69, 9.17) is 9.84 Å². The highest BCUT2D eigenvalue weighted by Crippen LogP contribution is 2.17. The molecule has 0 unspecified atom stereocenters. The van der Waals surface area contributed by atoms with Gasteiger partial charge in [-0.1, -0.05) is 6.07 Å². The SMILES string of the molecule is O=C(O)COc1cccc(C(=O)N2CCN(C(=O)c3ccsc3)CC2)c1. The molecule has 0 aliphatic carbocycles. The summed E-state index contributed by atoms with van der Waals surface area (Å²) in [6.45, 7) is 1.41. The molecule has 1 aromatic carbocycles. The van der Waals surface area contributed by atoms with Crippen LogP contribution in [-0.4, -0.2) is 65.5 Å². The molecule has 2 aromatic rings. The van der Waals surface area contributed by atoms with Crippen LogP contribution >= 0.6 is 11.3 Å². The van der Waals surface area contributed by atoms with Gasteiger partial charge in [-0.05, 0) is 29.6 Å². The number of carboxylic acids is 1. The van der Waals surface area contributed by atoms with Gasteiger partial charge < -0.3 is 19.6 Å². The fourth-order valence-electron chi connectivity index (χ4n) is 2.73. The van der Waals surface area contributed by atoms with E-state index in [1.165, 1.54) is 17.4 Å². The number of benzene rings is 1. The van der Waals surface area contributed by atoms with Gasteiger partial charge in [-0.2, -0.15) is 11.3 Å². The molecule has 2 amide bonds. The number of carboxylic acid groups (broad SMARTS) is 1. The maximum Gasteiger partial charge on any atom is 0.341 e. The summed E-state index contributed by atoms with van der Waals surface area (Å²) in [6.07, 6.45) is 0. The molecule has 0 radical (unpaired) electrons. The smallest absolute Gasteiger partial charge is 0.341 e. The number of hydrogen-bond donors (Lipinski definition) is 1. The highest BCUT2D eigenvalue weighted by Gasteiger charge is 2.25. The molecule has 136 valence electrons. The first-order valence-corrected chi connectivity index (χ1v) is 9.04. The minimum atomic E-state index is -1.08. The first kappa shape index (κ1) is 17.9. The summed E-state index contributed by atoms with van der Waals surface area (Å²) >= 11 is 1.48. The van der Waals surface area contributed by atoms with E-state index in [9.17, 15) is 14.4 Å². The van der Waals surface area contributed by atoms with Crippen molar-refractivity contribution in [3.8, 4) is 5.75 Å². The van der Waals surface area contributed by atoms with Gasteiger partial charge >= 0.3 is 5.97 Å². The number of piperazine rings is 1. The second kappa shape index (κ2) is 8.01. The Morgan fingerprint density at radius 3 is 2.23 bits per heavy atom. The number of thiophene rings is 1. The van der Waals surface area contributed by atoms with E-state index >= 15 is 0 Å². The summed E-state index contributed by atoms with van der Waals surface area (Å²) in [5, 5.41) is 12.4. The molecule has 7 nitrogen and oxygen atoms in total. The predicted molar refractivity (Wildman–Crippen MR) is 95.7 cm³/mol. The molecule has 1 fully saturated rings. The van der Waals surface area contributed by atoms with Crippen molar-refractivity contribution in [1.29, 1.82) is 0 Å². The third-order valence-corrected chi connectivity index (χ3v) is 4.75. The van der Waals surface area contributed by atoms with Crippen LogP contribution in [0.1, 0.15) is 20.7 Å². The minimum Gasteiger partial charge on any atom is -0.482 e. The number of aliphatic carboxylic acids is 1. The Balaban J connectivity index is 1.59. The van der Waals surface area contributed by atoms with Crippen molar-refractivity contribution in [2.24, 2.45) is 0 Å². The first-order chi connectivity index (χ1) is 12.5. The van der Waals surface area contributed by atoms with Crippen molar-refractivity contribution < 1.29 is 24.2 Å². The number of carbonyl (C=O) groups is 3. The van der Waals surface area contributed by atoms with Crippen LogP contribution in [0.2, 0.25) is 0 Å². The molecule has 1 N–H and O–H groups in total. The van der Waals surface area contributed by atoms with Gasteiger partial charge in [-0.3, -0.25) is 9.59 Å². The van der Waals surface area contributed by atoms with Crippen molar-refractivity contribution in [3.63, 3.8) is 0 Å². The van der Waals surface area contributed by atoms with Crippen molar-refractivity contribution in [3.05, 3.63) is 52.2 Å². The molecule has 0 bridgehead atoms. The molecule has 2 heterocycles. The summed E-state index contributed by atoms with van der Waals surface area (Å²) in [6, 6.07) is 8.26. The van der Waals surface area contributed by atoms with Crippen LogP contribution in [0.25, 0.3) is 0 Å². The molecule has 1 aliphatic rings. The molecule has 8 heteroatoms. The summed E-state index contributed by atoms with van der Waals surface area (Å²) < 4.78 is 5.11. The summed E-state index contributed by atoms with van der Waals surface area (Å²) in [5.74, 6) is -0.909. The van der Waals surface area contributed by atoms with Gasteiger partial charge in [0.15, 0.2) is 6.61 Å². The number of amides is 2. The topological polar surface area (TPSA) is 87.2 Å². The molecule has 1 saturated heterocycles. The lowest BCUT2D eigenvalue weighted by molar-refractivity contribution is -0.139. The van der Waals surface area contributed by atoms with E-state index in [2.05, 4.69) is 0 Å². The van der Waals surface area contributed by atoms with Gasteiger partial charge in [-0.15, -0.1) is 0 Å². The van der Waals surface area contributed by atoms with Crippen LogP contribution in [0.5, 0.6) is 5.75 Å². The van der Waals surface area contributed by atoms with E-state index in [-0.39, 0.29) is 11.8 Å². The highest BCUT2D eigenvalue weighted by molar-refractivity contribution is 7.08. The third kappa shape index (κ3) is 4.20. The number of hydrogen-bond acceptors (Lipinski definition) is 5. The Bertz CT molecular complexity index is 798. The monoisotopic (exact) mass is 374 g/mol. The maximum atomic E-state index is 12.6. The maximum absolute atomic E-state index is 12.6. The molecule has 3 rings (SSSR count). The summed E-state index contributed by atoms with van der Waals surface area (Å²) in [7, 11) is 0. The van der Waals surface area contributed by atoms with E-state index < -0.39 is 12.6 Å². The lowest BCUT2D eigenvalue weighted by Crippen LogP contribution is -2.50. The Labute approximate surface area is 154 Å². The van der Waals surface area contributed by atoms with Crippen LogP contribution in [0.3, 0.4) is 0 Å². The Morgan fingerprint density at radius 2 is 1.65 bits per heavy atom. The van der Waals surface area contributed by atoms with Crippen molar-refractivity contribution in [2.45, 2.75) is 0 Å². The van der Waals surface area contributed by atoms with Gasteiger partial charge in [0.1, 0.15) is 5.75 Å². The molecule has 0 atom stereocenters. The normalized spacial score (nSPS) is 14.2. The van der Waals surface area contributed by atoms with Gasteiger partial charge in [0.25, 0.3) is 11.8 Å². The molecule has 26 heavy (non-hydrogen) atoms. The quantitative estimate of drug-likeness (QED) is 0.862. The highest BCUT2D eigenvalue weighted by atomic mass is 32.1. The predicted octanol–water partition coefficient (Wildman–Crippen LogP) is 1.81. The standard InChI is InChI=1S/C18H18N2O5S/c21-16(22)11-25-15-3-1-2-13(10-15)17(23)19-5-7-20(8-6-19)18(24)14-4-9-26-12-14/h1-4,9-10,12H,5-8,11H2,(H,21,22). The van der Waals surface area contributed by atoms with E-state index in [1.54, 1.807) is 34.1 Å². The summed E-state index contributed by atoms with van der Waals surface area (Å²) in [4.78, 5) is 39.0. The number of rotatable bonds is 5. The fourth-order valence-corrected chi connectivity index (χ4v) is 3.36.